The second-order valence-electron chi connectivity index (χ2n) is 4.59. The van der Waals surface area contributed by atoms with E-state index in [0.717, 1.165) is 16.1 Å². The van der Waals surface area contributed by atoms with E-state index in [4.69, 9.17) is 4.74 Å². The van der Waals surface area contributed by atoms with Gasteiger partial charge in [0.1, 0.15) is 5.75 Å². The van der Waals surface area contributed by atoms with Crippen molar-refractivity contribution >= 4 is 23.5 Å². The van der Waals surface area contributed by atoms with Crippen LogP contribution in [0.4, 0.5) is 0 Å². The molecule has 0 aliphatic rings. The second-order valence-corrected chi connectivity index (χ2v) is 5.53. The van der Waals surface area contributed by atoms with Crippen LogP contribution in [0, 0.1) is 0 Å². The molecule has 1 aromatic carbocycles. The van der Waals surface area contributed by atoms with Gasteiger partial charge >= 0.3 is 0 Å². The molecule has 3 aromatic rings. The van der Waals surface area contributed by atoms with Crippen molar-refractivity contribution in [1.82, 2.24) is 15.6 Å². The summed E-state index contributed by atoms with van der Waals surface area (Å²) < 4.78 is 5.21. The topological polar surface area (TPSA) is 79.4 Å². The molecular weight excluding hydrogens is 312 g/mol. The Kier molecular flexibility index (Phi) is 4.49. The molecule has 2 heterocycles. The van der Waals surface area contributed by atoms with E-state index < -0.39 is 0 Å². The predicted molar refractivity (Wildman–Crippen MR) is 90.0 cm³/mol. The maximum atomic E-state index is 12.0. The summed E-state index contributed by atoms with van der Waals surface area (Å²) >= 11 is 1.57. The van der Waals surface area contributed by atoms with E-state index in [1.807, 2.05) is 41.8 Å². The van der Waals surface area contributed by atoms with Gasteiger partial charge in [-0.2, -0.15) is 10.2 Å². The lowest BCUT2D eigenvalue weighted by atomic mass is 10.2. The van der Waals surface area contributed by atoms with Gasteiger partial charge in [-0.05, 0) is 29.6 Å². The molecule has 0 saturated heterocycles. The molecule has 23 heavy (non-hydrogen) atoms. The molecule has 3 rings (SSSR count). The van der Waals surface area contributed by atoms with E-state index in [0.29, 0.717) is 5.75 Å². The molecule has 7 heteroatoms. The number of amides is 1. The van der Waals surface area contributed by atoms with Gasteiger partial charge in [0.05, 0.1) is 23.9 Å². The maximum Gasteiger partial charge on any atom is 0.291 e. The average molecular weight is 326 g/mol. The van der Waals surface area contributed by atoms with Crippen LogP contribution in [0.15, 0.2) is 52.9 Å². The Morgan fingerprint density at radius 2 is 2.22 bits per heavy atom. The van der Waals surface area contributed by atoms with Crippen molar-refractivity contribution in [2.24, 2.45) is 5.10 Å². The summed E-state index contributed by atoms with van der Waals surface area (Å²) in [5.74, 6) is 0.306. The van der Waals surface area contributed by atoms with Crippen molar-refractivity contribution < 1.29 is 9.53 Å². The Bertz CT molecular complexity index is 824. The van der Waals surface area contributed by atoms with Crippen molar-refractivity contribution in [3.63, 3.8) is 0 Å². The van der Waals surface area contributed by atoms with Gasteiger partial charge in [0.2, 0.25) is 0 Å². The Hall–Kier alpha value is -2.93. The molecule has 2 N–H and O–H groups in total. The van der Waals surface area contributed by atoms with Crippen molar-refractivity contribution in [2.75, 3.05) is 7.11 Å². The van der Waals surface area contributed by atoms with Crippen molar-refractivity contribution in [1.29, 1.82) is 0 Å². The van der Waals surface area contributed by atoms with Crippen LogP contribution in [0.3, 0.4) is 0 Å². The van der Waals surface area contributed by atoms with E-state index in [1.165, 1.54) is 6.21 Å². The number of benzene rings is 1. The molecule has 0 fully saturated rings. The number of nitrogens with zero attached hydrogens (tertiary/aromatic N) is 2. The molecule has 116 valence electrons. The number of methoxy groups -OCH3 is 1. The highest BCUT2D eigenvalue weighted by molar-refractivity contribution is 7.13. The molecule has 0 unspecified atom stereocenters. The first-order valence-electron chi connectivity index (χ1n) is 6.83. The first-order valence-corrected chi connectivity index (χ1v) is 7.71. The fourth-order valence-electron chi connectivity index (χ4n) is 1.99. The summed E-state index contributed by atoms with van der Waals surface area (Å²) in [6.07, 6.45) is 1.53. The fourth-order valence-corrected chi connectivity index (χ4v) is 2.68. The number of rotatable bonds is 5. The largest absolute Gasteiger partial charge is 0.496 e. The second kappa shape index (κ2) is 6.89. The number of thiophene rings is 1. The van der Waals surface area contributed by atoms with Gasteiger partial charge in [0.15, 0.2) is 5.69 Å². The van der Waals surface area contributed by atoms with Gasteiger partial charge in [0.25, 0.3) is 5.91 Å². The van der Waals surface area contributed by atoms with Gasteiger partial charge in [-0.25, -0.2) is 5.43 Å². The number of carbonyl (C=O) groups is 1. The third kappa shape index (κ3) is 3.46. The number of hydrogen-bond acceptors (Lipinski definition) is 5. The maximum absolute atomic E-state index is 12.0. The minimum absolute atomic E-state index is 0.283. The molecule has 0 bridgehead atoms. The van der Waals surface area contributed by atoms with Crippen LogP contribution in [0.25, 0.3) is 10.6 Å². The first kappa shape index (κ1) is 15.0. The SMILES string of the molecule is COc1ccccc1/C=N\NC(=O)c1cc(-c2cccs2)[nH]n1. The number of aromatic amines is 1. The number of aromatic nitrogens is 2. The zero-order valence-corrected chi connectivity index (χ0v) is 13.1. The highest BCUT2D eigenvalue weighted by Gasteiger charge is 2.11. The Morgan fingerprint density at radius 3 is 3.00 bits per heavy atom. The van der Waals surface area contributed by atoms with Crippen LogP contribution in [0.1, 0.15) is 16.1 Å². The number of nitrogens with one attached hydrogen (secondary N) is 2. The number of carbonyl (C=O) groups excluding carboxylic acids is 1. The van der Waals surface area contributed by atoms with E-state index in [-0.39, 0.29) is 11.6 Å². The van der Waals surface area contributed by atoms with Gasteiger partial charge in [-0.3, -0.25) is 9.89 Å². The molecule has 0 aliphatic carbocycles. The van der Waals surface area contributed by atoms with Gasteiger partial charge in [-0.15, -0.1) is 11.3 Å². The molecule has 0 saturated carbocycles. The van der Waals surface area contributed by atoms with Gasteiger partial charge < -0.3 is 4.74 Å². The standard InChI is InChI=1S/C16H14N4O2S/c1-22-14-6-3-2-5-11(14)10-17-20-16(21)13-9-12(18-19-13)15-7-4-8-23-15/h2-10H,1H3,(H,18,19)(H,20,21)/b17-10-. The number of para-hydroxylation sites is 1. The van der Waals surface area contributed by atoms with Crippen LogP contribution >= 0.6 is 11.3 Å². The van der Waals surface area contributed by atoms with Crippen LogP contribution < -0.4 is 10.2 Å². The van der Waals surface area contributed by atoms with Crippen molar-refractivity contribution in [3.05, 3.63) is 59.1 Å². The Labute approximate surface area is 136 Å². The molecule has 1 amide bonds. The quantitative estimate of drug-likeness (QED) is 0.559. The normalized spacial score (nSPS) is 10.8. The number of hydrazone groups is 1. The lowest BCUT2D eigenvalue weighted by Crippen LogP contribution is -2.18. The van der Waals surface area contributed by atoms with E-state index in [1.54, 1.807) is 24.5 Å². The van der Waals surface area contributed by atoms with Crippen LogP contribution in [0.5, 0.6) is 5.75 Å². The molecule has 0 aliphatic heterocycles. The van der Waals surface area contributed by atoms with Gasteiger partial charge in [0, 0.05) is 5.56 Å². The Morgan fingerprint density at radius 1 is 1.35 bits per heavy atom. The first-order chi connectivity index (χ1) is 11.3. The van der Waals surface area contributed by atoms with Crippen LogP contribution in [0.2, 0.25) is 0 Å². The van der Waals surface area contributed by atoms with E-state index in [9.17, 15) is 4.79 Å². The van der Waals surface area contributed by atoms with E-state index in [2.05, 4.69) is 20.7 Å². The van der Waals surface area contributed by atoms with E-state index >= 15 is 0 Å². The smallest absolute Gasteiger partial charge is 0.291 e. The van der Waals surface area contributed by atoms with Crippen molar-refractivity contribution in [3.8, 4) is 16.3 Å². The fraction of sp³-hybridized carbons (Fsp3) is 0.0625. The molecule has 6 nitrogen and oxygen atoms in total. The van der Waals surface area contributed by atoms with Crippen LogP contribution in [-0.4, -0.2) is 29.4 Å². The molecule has 0 radical (unpaired) electrons. The summed E-state index contributed by atoms with van der Waals surface area (Å²) in [4.78, 5) is 13.1. The molecule has 0 spiro atoms. The third-order valence-electron chi connectivity index (χ3n) is 3.11. The van der Waals surface area contributed by atoms with Crippen molar-refractivity contribution in [2.45, 2.75) is 0 Å². The predicted octanol–water partition coefficient (Wildman–Crippen LogP) is 2.91. The summed E-state index contributed by atoms with van der Waals surface area (Å²) in [5, 5.41) is 12.8. The molecule has 0 atom stereocenters. The summed E-state index contributed by atoms with van der Waals surface area (Å²) in [6, 6.07) is 13.0. The summed E-state index contributed by atoms with van der Waals surface area (Å²) in [6.45, 7) is 0. The number of ether oxygens (including phenoxy) is 1. The minimum Gasteiger partial charge on any atom is -0.496 e. The highest BCUT2D eigenvalue weighted by atomic mass is 32.1. The van der Waals surface area contributed by atoms with Crippen LogP contribution in [-0.2, 0) is 0 Å². The summed E-state index contributed by atoms with van der Waals surface area (Å²) in [7, 11) is 1.58. The molecule has 2 aromatic heterocycles. The average Bonchev–Trinajstić information content (AvgIpc) is 3.26. The molecular formula is C16H14N4O2S. The third-order valence-corrected chi connectivity index (χ3v) is 4.01. The lowest BCUT2D eigenvalue weighted by Gasteiger charge is -2.02. The lowest BCUT2D eigenvalue weighted by molar-refractivity contribution is 0.0950. The minimum atomic E-state index is -0.379. The zero-order valence-electron chi connectivity index (χ0n) is 12.3. The van der Waals surface area contributed by atoms with Gasteiger partial charge in [-0.1, -0.05) is 18.2 Å². The summed E-state index contributed by atoms with van der Waals surface area (Å²) in [5.41, 5.74) is 4.32. The number of H-pyrrole nitrogens is 1. The highest BCUT2D eigenvalue weighted by Crippen LogP contribution is 2.22. The monoisotopic (exact) mass is 326 g/mol. The Balaban J connectivity index is 1.67. The zero-order chi connectivity index (χ0) is 16.1. The number of hydrogen-bond donors (Lipinski definition) is 2.